The van der Waals surface area contributed by atoms with Crippen LogP contribution in [0.5, 0.6) is 0 Å². The van der Waals surface area contributed by atoms with Crippen LogP contribution in [0.1, 0.15) is 43.9 Å². The summed E-state index contributed by atoms with van der Waals surface area (Å²) in [4.78, 5) is 0. The van der Waals surface area contributed by atoms with Gasteiger partial charge in [-0.25, -0.2) is 0 Å². The van der Waals surface area contributed by atoms with Crippen LogP contribution in [0.2, 0.25) is 0 Å². The molecule has 86 valence electrons. The van der Waals surface area contributed by atoms with Crippen molar-refractivity contribution in [3.05, 3.63) is 33.8 Å². The molecule has 1 fully saturated rings. The zero-order valence-corrected chi connectivity index (χ0v) is 11.5. The lowest BCUT2D eigenvalue weighted by Gasteiger charge is -2.15. The highest BCUT2D eigenvalue weighted by atomic mass is 79.9. The molecule has 0 heterocycles. The monoisotopic (exact) mass is 279 g/mol. The number of halogens is 1. The van der Waals surface area contributed by atoms with Crippen LogP contribution in [0.25, 0.3) is 0 Å². The van der Waals surface area contributed by atoms with Crippen molar-refractivity contribution < 1.29 is 0 Å². The van der Waals surface area contributed by atoms with Crippen molar-refractivity contribution >= 4 is 15.9 Å². The largest absolute Gasteiger partial charge is 0.307 e. The maximum absolute atomic E-state index is 3.81. The van der Waals surface area contributed by atoms with Gasteiger partial charge >= 0.3 is 0 Å². The van der Waals surface area contributed by atoms with Gasteiger partial charge in [-0.05, 0) is 41.9 Å². The van der Waals surface area contributed by atoms with Crippen molar-refractivity contribution in [1.29, 1.82) is 0 Å². The second kappa shape index (κ2) is 3.58. The van der Waals surface area contributed by atoms with Crippen molar-refractivity contribution in [2.24, 2.45) is 5.41 Å². The summed E-state index contributed by atoms with van der Waals surface area (Å²) in [6.07, 6.45) is 3.79. The Balaban J connectivity index is 1.79. The summed E-state index contributed by atoms with van der Waals surface area (Å²) in [6.45, 7) is 4.70. The fourth-order valence-electron chi connectivity index (χ4n) is 2.78. The molecule has 0 radical (unpaired) electrons. The molecule has 16 heavy (non-hydrogen) atoms. The molecular formula is C14H18BrN. The van der Waals surface area contributed by atoms with Crippen LogP contribution >= 0.6 is 15.9 Å². The second-order valence-electron chi connectivity index (χ2n) is 5.81. The number of hydrogen-bond acceptors (Lipinski definition) is 1. The third kappa shape index (κ3) is 1.72. The van der Waals surface area contributed by atoms with Crippen molar-refractivity contribution in [2.75, 3.05) is 0 Å². The summed E-state index contributed by atoms with van der Waals surface area (Å²) < 4.78 is 1.28. The molecule has 0 spiro atoms. The Morgan fingerprint density at radius 1 is 1.38 bits per heavy atom. The van der Waals surface area contributed by atoms with Crippen molar-refractivity contribution in [1.82, 2.24) is 5.32 Å². The Hall–Kier alpha value is -0.340. The molecular weight excluding hydrogens is 262 g/mol. The number of hydrogen-bond donors (Lipinski definition) is 1. The zero-order valence-electron chi connectivity index (χ0n) is 9.89. The van der Waals surface area contributed by atoms with Gasteiger partial charge in [0.1, 0.15) is 0 Å². The molecule has 0 saturated heterocycles. The van der Waals surface area contributed by atoms with Gasteiger partial charge in [0.05, 0.1) is 0 Å². The van der Waals surface area contributed by atoms with Gasteiger partial charge in [0.25, 0.3) is 0 Å². The standard InChI is InChI=1S/C14H18BrN/c1-14(2)8-13(14)16-12-7-6-9-10(12)4-3-5-11(9)15/h3-5,12-13,16H,6-8H2,1-2H3. The second-order valence-corrected chi connectivity index (χ2v) is 6.67. The molecule has 1 nitrogen and oxygen atoms in total. The summed E-state index contributed by atoms with van der Waals surface area (Å²) in [6, 6.07) is 7.89. The summed E-state index contributed by atoms with van der Waals surface area (Å²) >= 11 is 3.65. The normalized spacial score (nSPS) is 30.2. The highest BCUT2D eigenvalue weighted by Gasteiger charge is 2.46. The van der Waals surface area contributed by atoms with Crippen LogP contribution in [-0.2, 0) is 6.42 Å². The van der Waals surface area contributed by atoms with E-state index in [9.17, 15) is 0 Å². The van der Waals surface area contributed by atoms with E-state index >= 15 is 0 Å². The Bertz CT molecular complexity index is 425. The summed E-state index contributed by atoms with van der Waals surface area (Å²) in [5, 5.41) is 3.81. The highest BCUT2D eigenvalue weighted by Crippen LogP contribution is 2.47. The molecule has 1 N–H and O–H groups in total. The lowest BCUT2D eigenvalue weighted by Crippen LogP contribution is -2.24. The molecule has 2 atom stereocenters. The van der Waals surface area contributed by atoms with Gasteiger partial charge in [0.2, 0.25) is 0 Å². The molecule has 2 unspecified atom stereocenters. The maximum atomic E-state index is 3.81. The fourth-order valence-corrected chi connectivity index (χ4v) is 3.36. The smallest absolute Gasteiger partial charge is 0.0329 e. The number of rotatable bonds is 2. The van der Waals surface area contributed by atoms with E-state index in [2.05, 4.69) is 53.3 Å². The first kappa shape index (κ1) is 10.8. The molecule has 0 bridgehead atoms. The van der Waals surface area contributed by atoms with E-state index < -0.39 is 0 Å². The van der Waals surface area contributed by atoms with Gasteiger partial charge in [-0.15, -0.1) is 0 Å². The zero-order chi connectivity index (χ0) is 11.3. The molecule has 2 heteroatoms. The van der Waals surface area contributed by atoms with Crippen molar-refractivity contribution in [2.45, 2.75) is 45.2 Å². The third-order valence-corrected chi connectivity index (χ3v) is 4.87. The van der Waals surface area contributed by atoms with Crippen molar-refractivity contribution in [3.8, 4) is 0 Å². The van der Waals surface area contributed by atoms with E-state index in [1.165, 1.54) is 34.9 Å². The number of fused-ring (bicyclic) bond motifs is 1. The van der Waals surface area contributed by atoms with Crippen molar-refractivity contribution in [3.63, 3.8) is 0 Å². The van der Waals surface area contributed by atoms with Crippen LogP contribution in [0.4, 0.5) is 0 Å². The lowest BCUT2D eigenvalue weighted by molar-refractivity contribution is 0.468. The topological polar surface area (TPSA) is 12.0 Å². The molecule has 1 aromatic carbocycles. The average molecular weight is 280 g/mol. The molecule has 3 rings (SSSR count). The molecule has 1 saturated carbocycles. The summed E-state index contributed by atoms with van der Waals surface area (Å²) in [5.41, 5.74) is 3.55. The average Bonchev–Trinajstić information content (AvgIpc) is 2.66. The lowest BCUT2D eigenvalue weighted by atomic mass is 10.1. The van der Waals surface area contributed by atoms with Crippen LogP contribution in [-0.4, -0.2) is 6.04 Å². The SMILES string of the molecule is CC1(C)CC1NC1CCc2c(Br)cccc21. The van der Waals surface area contributed by atoms with E-state index in [0.29, 0.717) is 11.5 Å². The summed E-state index contributed by atoms with van der Waals surface area (Å²) in [5.74, 6) is 0. The van der Waals surface area contributed by atoms with Gasteiger partial charge in [0, 0.05) is 16.6 Å². The molecule has 0 amide bonds. The first-order chi connectivity index (χ1) is 7.58. The van der Waals surface area contributed by atoms with E-state index in [1.807, 2.05) is 0 Å². The molecule has 0 aliphatic heterocycles. The van der Waals surface area contributed by atoms with Gasteiger partial charge in [-0.1, -0.05) is 41.9 Å². The van der Waals surface area contributed by atoms with Crippen LogP contribution in [0.3, 0.4) is 0 Å². The van der Waals surface area contributed by atoms with Gasteiger partial charge in [-0.3, -0.25) is 0 Å². The van der Waals surface area contributed by atoms with Crippen LogP contribution in [0, 0.1) is 5.41 Å². The Morgan fingerprint density at radius 2 is 2.12 bits per heavy atom. The van der Waals surface area contributed by atoms with Crippen LogP contribution < -0.4 is 5.32 Å². The summed E-state index contributed by atoms with van der Waals surface area (Å²) in [7, 11) is 0. The minimum Gasteiger partial charge on any atom is -0.307 e. The quantitative estimate of drug-likeness (QED) is 0.868. The molecule has 2 aliphatic carbocycles. The van der Waals surface area contributed by atoms with E-state index in [-0.39, 0.29) is 0 Å². The van der Waals surface area contributed by atoms with Gasteiger partial charge in [0.15, 0.2) is 0 Å². The van der Waals surface area contributed by atoms with Gasteiger partial charge in [-0.2, -0.15) is 0 Å². The maximum Gasteiger partial charge on any atom is 0.0329 e. The third-order valence-electron chi connectivity index (χ3n) is 4.13. The Labute approximate surface area is 106 Å². The number of nitrogens with one attached hydrogen (secondary N) is 1. The van der Waals surface area contributed by atoms with E-state index in [4.69, 9.17) is 0 Å². The van der Waals surface area contributed by atoms with Crippen LogP contribution in [0.15, 0.2) is 22.7 Å². The first-order valence-electron chi connectivity index (χ1n) is 6.11. The van der Waals surface area contributed by atoms with E-state index in [0.717, 1.165) is 6.04 Å². The van der Waals surface area contributed by atoms with Gasteiger partial charge < -0.3 is 5.32 Å². The molecule has 1 aromatic rings. The predicted octanol–water partition coefficient (Wildman–Crippen LogP) is 3.82. The predicted molar refractivity (Wildman–Crippen MR) is 70.5 cm³/mol. The highest BCUT2D eigenvalue weighted by molar-refractivity contribution is 9.10. The van der Waals surface area contributed by atoms with E-state index in [1.54, 1.807) is 0 Å². The minimum absolute atomic E-state index is 0.523. The Kier molecular flexibility index (Phi) is 2.41. The fraction of sp³-hybridized carbons (Fsp3) is 0.571. The Morgan fingerprint density at radius 3 is 2.81 bits per heavy atom. The number of benzene rings is 1. The minimum atomic E-state index is 0.523. The molecule has 2 aliphatic rings. The first-order valence-corrected chi connectivity index (χ1v) is 6.90. The molecule has 0 aromatic heterocycles.